The summed E-state index contributed by atoms with van der Waals surface area (Å²) in [7, 11) is -3.60. The molecule has 0 aliphatic heterocycles. The van der Waals surface area contributed by atoms with Crippen LogP contribution in [0.4, 0.5) is 27.6 Å². The van der Waals surface area contributed by atoms with Gasteiger partial charge >= 0.3 is 6.18 Å². The van der Waals surface area contributed by atoms with Gasteiger partial charge in [-0.25, -0.2) is 17.2 Å². The molecule has 1 aromatic heterocycles. The van der Waals surface area contributed by atoms with E-state index in [1.54, 1.807) is 0 Å². The molecule has 2 aromatic rings. The number of amides is 1. The molecule has 0 saturated heterocycles. The van der Waals surface area contributed by atoms with Gasteiger partial charge in [0.15, 0.2) is 5.82 Å². The molecule has 0 aliphatic carbocycles. The number of carbonyl (C=O) groups is 1. The molecule has 1 heterocycles. The summed E-state index contributed by atoms with van der Waals surface area (Å²) in [5, 5.41) is 10.0. The molecular formula is C16H12ClF5N4O3S. The van der Waals surface area contributed by atoms with Gasteiger partial charge in [0.2, 0.25) is 10.0 Å². The van der Waals surface area contributed by atoms with E-state index in [-0.39, 0.29) is 0 Å². The average Bonchev–Trinajstić information content (AvgIpc) is 2.92. The Kier molecular flexibility index (Phi) is 6.45. The van der Waals surface area contributed by atoms with E-state index in [0.29, 0.717) is 6.92 Å². The number of hydrogen-bond acceptors (Lipinski definition) is 4. The third-order valence-corrected chi connectivity index (χ3v) is 5.91. The standard InChI is InChI=1S/C16H12ClF5N4O3S/c1-7(16(20,21)22)25-30(28,29)11-6-26(2)14(12(11)17)15(27)24-10-4-3-9(18)8(5-23)13(10)19/h3-4,6-7,25H,1-2H3,(H,24,27). The summed E-state index contributed by atoms with van der Waals surface area (Å²) in [4.78, 5) is 11.6. The number of nitriles is 1. The third-order valence-electron chi connectivity index (χ3n) is 3.87. The quantitative estimate of drug-likeness (QED) is 0.654. The predicted octanol–water partition coefficient (Wildman–Crippen LogP) is 3.31. The highest BCUT2D eigenvalue weighted by atomic mass is 35.5. The fourth-order valence-corrected chi connectivity index (χ4v) is 4.24. The Morgan fingerprint density at radius 1 is 1.30 bits per heavy atom. The Morgan fingerprint density at radius 2 is 1.90 bits per heavy atom. The van der Waals surface area contributed by atoms with Gasteiger partial charge in [0.25, 0.3) is 5.91 Å². The van der Waals surface area contributed by atoms with Crippen LogP contribution in [0.5, 0.6) is 0 Å². The highest BCUT2D eigenvalue weighted by Gasteiger charge is 2.40. The van der Waals surface area contributed by atoms with Gasteiger partial charge in [0, 0.05) is 13.2 Å². The van der Waals surface area contributed by atoms with E-state index in [9.17, 15) is 35.2 Å². The van der Waals surface area contributed by atoms with Crippen molar-refractivity contribution in [2.75, 3.05) is 5.32 Å². The molecule has 1 amide bonds. The highest BCUT2D eigenvalue weighted by Crippen LogP contribution is 2.30. The third kappa shape index (κ3) is 4.55. The van der Waals surface area contributed by atoms with Crippen molar-refractivity contribution in [1.29, 1.82) is 5.26 Å². The Balaban J connectivity index is 2.41. The van der Waals surface area contributed by atoms with Crippen molar-refractivity contribution in [3.8, 4) is 6.07 Å². The summed E-state index contributed by atoms with van der Waals surface area (Å²) in [6.45, 7) is 0.576. The number of halogens is 6. The van der Waals surface area contributed by atoms with Crippen LogP contribution in [0.1, 0.15) is 23.0 Å². The van der Waals surface area contributed by atoms with Crippen LogP contribution in [0.15, 0.2) is 23.2 Å². The van der Waals surface area contributed by atoms with Crippen LogP contribution in [-0.2, 0) is 17.1 Å². The number of nitrogens with zero attached hydrogens (tertiary/aromatic N) is 2. The number of carbonyl (C=O) groups excluding carboxylic acids is 1. The van der Waals surface area contributed by atoms with E-state index < -0.39 is 66.6 Å². The molecule has 1 unspecified atom stereocenters. The number of aryl methyl sites for hydroxylation is 1. The van der Waals surface area contributed by atoms with Crippen molar-refractivity contribution >= 4 is 33.2 Å². The number of alkyl halides is 3. The van der Waals surface area contributed by atoms with E-state index in [1.807, 2.05) is 5.32 Å². The lowest BCUT2D eigenvalue weighted by Crippen LogP contribution is -2.42. The maximum Gasteiger partial charge on any atom is 0.404 e. The largest absolute Gasteiger partial charge is 0.404 e. The van der Waals surface area contributed by atoms with E-state index in [1.165, 1.54) is 17.8 Å². The van der Waals surface area contributed by atoms with Crippen molar-refractivity contribution in [3.63, 3.8) is 0 Å². The van der Waals surface area contributed by atoms with Crippen molar-refractivity contribution in [2.24, 2.45) is 7.05 Å². The normalized spacial score (nSPS) is 13.0. The molecule has 2 rings (SSSR count). The second-order valence-electron chi connectivity index (χ2n) is 6.00. The minimum Gasteiger partial charge on any atom is -0.344 e. The molecule has 162 valence electrons. The maximum atomic E-state index is 14.1. The van der Waals surface area contributed by atoms with Crippen LogP contribution in [0.3, 0.4) is 0 Å². The summed E-state index contributed by atoms with van der Waals surface area (Å²) >= 11 is 5.91. The van der Waals surface area contributed by atoms with Crippen molar-refractivity contribution in [1.82, 2.24) is 9.29 Å². The van der Waals surface area contributed by atoms with Gasteiger partial charge < -0.3 is 9.88 Å². The molecule has 1 atom stereocenters. The van der Waals surface area contributed by atoms with Gasteiger partial charge in [-0.2, -0.15) is 23.2 Å². The second-order valence-corrected chi connectivity index (χ2v) is 8.06. The summed E-state index contributed by atoms with van der Waals surface area (Å²) in [5.41, 5.74) is -2.08. The van der Waals surface area contributed by atoms with E-state index >= 15 is 0 Å². The lowest BCUT2D eigenvalue weighted by Gasteiger charge is -2.16. The van der Waals surface area contributed by atoms with Crippen molar-refractivity contribution in [3.05, 3.63) is 46.2 Å². The topological polar surface area (TPSA) is 104 Å². The number of hydrogen-bond donors (Lipinski definition) is 2. The molecule has 30 heavy (non-hydrogen) atoms. The monoisotopic (exact) mass is 470 g/mol. The Labute approximate surface area is 172 Å². The highest BCUT2D eigenvalue weighted by molar-refractivity contribution is 7.89. The van der Waals surface area contributed by atoms with Gasteiger partial charge in [0.1, 0.15) is 34.1 Å². The maximum absolute atomic E-state index is 14.1. The number of sulfonamides is 1. The van der Waals surface area contributed by atoms with Gasteiger partial charge in [-0.15, -0.1) is 0 Å². The zero-order chi connectivity index (χ0) is 23.0. The summed E-state index contributed by atoms with van der Waals surface area (Å²) in [6, 6.07) is 0.394. The molecule has 0 bridgehead atoms. The van der Waals surface area contributed by atoms with Crippen LogP contribution in [0.25, 0.3) is 0 Å². The van der Waals surface area contributed by atoms with Crippen LogP contribution in [-0.4, -0.2) is 31.1 Å². The number of aromatic nitrogens is 1. The Morgan fingerprint density at radius 3 is 2.43 bits per heavy atom. The fraction of sp³-hybridized carbons (Fsp3) is 0.250. The van der Waals surface area contributed by atoms with Crippen LogP contribution in [0.2, 0.25) is 5.02 Å². The number of rotatable bonds is 5. The summed E-state index contributed by atoms with van der Waals surface area (Å²) in [5.74, 6) is -3.69. The molecule has 7 nitrogen and oxygen atoms in total. The first-order chi connectivity index (χ1) is 13.7. The van der Waals surface area contributed by atoms with Crippen molar-refractivity contribution in [2.45, 2.75) is 24.0 Å². The van der Waals surface area contributed by atoms with Crippen LogP contribution in [0, 0.1) is 23.0 Å². The first-order valence-corrected chi connectivity index (χ1v) is 9.70. The molecule has 2 N–H and O–H groups in total. The molecule has 0 saturated carbocycles. The summed E-state index contributed by atoms with van der Waals surface area (Å²) < 4.78 is 92.3. The number of benzene rings is 1. The molecular weight excluding hydrogens is 459 g/mol. The SMILES string of the molecule is CC(NS(=O)(=O)c1cn(C)c(C(=O)Nc2ccc(F)c(C#N)c2F)c1Cl)C(F)(F)F. The first kappa shape index (κ1) is 23.6. The predicted molar refractivity (Wildman–Crippen MR) is 95.3 cm³/mol. The Bertz CT molecular complexity index is 1160. The average molecular weight is 471 g/mol. The first-order valence-electron chi connectivity index (χ1n) is 7.84. The van der Waals surface area contributed by atoms with Gasteiger partial charge in [0.05, 0.1) is 10.7 Å². The summed E-state index contributed by atoms with van der Waals surface area (Å²) in [6.07, 6.45) is -4.07. The van der Waals surface area contributed by atoms with Crippen molar-refractivity contribution < 1.29 is 35.2 Å². The van der Waals surface area contributed by atoms with E-state index in [2.05, 4.69) is 0 Å². The minimum atomic E-state index is -4.87. The minimum absolute atomic E-state index is 0.529. The van der Waals surface area contributed by atoms with Crippen LogP contribution >= 0.6 is 11.6 Å². The molecule has 0 spiro atoms. The molecule has 0 radical (unpaired) electrons. The van der Waals surface area contributed by atoms with Gasteiger partial charge in [-0.05, 0) is 19.1 Å². The fourth-order valence-electron chi connectivity index (χ4n) is 2.31. The lowest BCUT2D eigenvalue weighted by atomic mass is 10.2. The number of anilines is 1. The Hall–Kier alpha value is -2.69. The van der Waals surface area contributed by atoms with Gasteiger partial charge in [-0.3, -0.25) is 4.79 Å². The zero-order valence-corrected chi connectivity index (χ0v) is 16.7. The van der Waals surface area contributed by atoms with E-state index in [0.717, 1.165) is 22.9 Å². The molecule has 0 fully saturated rings. The molecule has 14 heteroatoms. The van der Waals surface area contributed by atoms with E-state index in [4.69, 9.17) is 16.9 Å². The lowest BCUT2D eigenvalue weighted by molar-refractivity contribution is -0.147. The zero-order valence-electron chi connectivity index (χ0n) is 15.1. The molecule has 0 aliphatic rings. The second kappa shape index (κ2) is 8.21. The smallest absolute Gasteiger partial charge is 0.344 e. The number of nitrogens with one attached hydrogen (secondary N) is 2. The van der Waals surface area contributed by atoms with Crippen LogP contribution < -0.4 is 10.0 Å². The molecule has 1 aromatic carbocycles. The van der Waals surface area contributed by atoms with Gasteiger partial charge in [-0.1, -0.05) is 11.6 Å².